The zero-order valence-corrected chi connectivity index (χ0v) is 23.5. The Labute approximate surface area is 230 Å². The molecular weight excluding hydrogens is 556 g/mol. The highest BCUT2D eigenvalue weighted by molar-refractivity contribution is 9.10. The topological polar surface area (TPSA) is 112 Å². The van der Waals surface area contributed by atoms with Crippen LogP contribution in [0.4, 0.5) is 11.5 Å². The smallest absolute Gasteiger partial charge is 0.320 e. The fourth-order valence-electron chi connectivity index (χ4n) is 3.75. The summed E-state index contributed by atoms with van der Waals surface area (Å²) >= 11 is 3.48. The van der Waals surface area contributed by atoms with Crippen molar-refractivity contribution < 1.29 is 28.5 Å². The average Bonchev–Trinajstić information content (AvgIpc) is 2.88. The largest absolute Gasteiger partial charge is 0.493 e. The van der Waals surface area contributed by atoms with E-state index in [1.165, 1.54) is 6.33 Å². The van der Waals surface area contributed by atoms with Gasteiger partial charge in [0.2, 0.25) is 0 Å². The highest BCUT2D eigenvalue weighted by atomic mass is 79.9. The number of unbranched alkanes of at least 4 members (excludes halogenated alkanes) is 1. The molecule has 0 amide bonds. The number of carbonyl (C=O) groups is 2. The molecule has 11 heteroatoms. The summed E-state index contributed by atoms with van der Waals surface area (Å²) in [7, 11) is 1.58. The predicted molar refractivity (Wildman–Crippen MR) is 148 cm³/mol. The zero-order chi connectivity index (χ0) is 27.3. The van der Waals surface area contributed by atoms with Crippen LogP contribution >= 0.6 is 15.9 Å². The van der Waals surface area contributed by atoms with Crippen LogP contribution in [-0.4, -0.2) is 73.4 Å². The molecular formula is C27H33BrN4O6. The minimum Gasteiger partial charge on any atom is -0.493 e. The van der Waals surface area contributed by atoms with Gasteiger partial charge in [0.15, 0.2) is 11.5 Å². The Hall–Kier alpha value is -3.44. The Kier molecular flexibility index (Phi) is 11.6. The fourth-order valence-corrected chi connectivity index (χ4v) is 4.15. The van der Waals surface area contributed by atoms with Gasteiger partial charge in [-0.3, -0.25) is 14.5 Å². The second kappa shape index (κ2) is 15.1. The number of esters is 2. The van der Waals surface area contributed by atoms with E-state index in [1.807, 2.05) is 36.4 Å². The molecule has 3 aromatic rings. The minimum atomic E-state index is -0.372. The van der Waals surface area contributed by atoms with Gasteiger partial charge in [0.1, 0.15) is 12.1 Å². The van der Waals surface area contributed by atoms with Crippen molar-refractivity contribution in [3.05, 3.63) is 47.2 Å². The number of hydrogen-bond donors (Lipinski definition) is 1. The fraction of sp³-hybridized carbons (Fsp3) is 0.407. The van der Waals surface area contributed by atoms with Crippen LogP contribution in [0.15, 0.2) is 47.2 Å². The molecule has 0 aliphatic carbocycles. The summed E-state index contributed by atoms with van der Waals surface area (Å²) in [4.78, 5) is 34.4. The molecule has 1 N–H and O–H groups in total. The van der Waals surface area contributed by atoms with Gasteiger partial charge in [-0.1, -0.05) is 22.0 Å². The third kappa shape index (κ3) is 8.84. The van der Waals surface area contributed by atoms with E-state index in [0.29, 0.717) is 56.5 Å². The zero-order valence-electron chi connectivity index (χ0n) is 21.9. The lowest BCUT2D eigenvalue weighted by Crippen LogP contribution is -2.37. The summed E-state index contributed by atoms with van der Waals surface area (Å²) in [5, 5.41) is 4.12. The number of benzene rings is 2. The van der Waals surface area contributed by atoms with Crippen LogP contribution in [0.3, 0.4) is 0 Å². The molecule has 0 aliphatic rings. The highest BCUT2D eigenvalue weighted by Gasteiger charge is 2.16. The van der Waals surface area contributed by atoms with Crippen molar-refractivity contribution in [3.63, 3.8) is 0 Å². The molecule has 1 aromatic heterocycles. The van der Waals surface area contributed by atoms with E-state index in [1.54, 1.807) is 25.9 Å². The summed E-state index contributed by atoms with van der Waals surface area (Å²) in [5.41, 5.74) is 1.60. The van der Waals surface area contributed by atoms with Gasteiger partial charge in [0, 0.05) is 21.6 Å². The molecule has 0 atom stereocenters. The highest BCUT2D eigenvalue weighted by Crippen LogP contribution is 2.35. The first-order valence-corrected chi connectivity index (χ1v) is 13.2. The van der Waals surface area contributed by atoms with Gasteiger partial charge in [-0.25, -0.2) is 9.97 Å². The molecule has 0 fully saturated rings. The Morgan fingerprint density at radius 2 is 1.71 bits per heavy atom. The number of nitrogens with zero attached hydrogens (tertiary/aromatic N) is 3. The van der Waals surface area contributed by atoms with Crippen molar-refractivity contribution in [1.82, 2.24) is 14.9 Å². The number of nitrogens with one attached hydrogen (secondary N) is 1. The molecule has 1 heterocycles. The first-order valence-electron chi connectivity index (χ1n) is 12.4. The number of methoxy groups -OCH3 is 1. The summed E-state index contributed by atoms with van der Waals surface area (Å²) in [5.74, 6) is 1.04. The van der Waals surface area contributed by atoms with Crippen molar-refractivity contribution >= 4 is 50.3 Å². The predicted octanol–water partition coefficient (Wildman–Crippen LogP) is 4.73. The standard InChI is InChI=1S/C27H33BrN4O6/c1-4-36-25(33)16-32(17-26(34)37-5-2)11-6-7-12-38-24-14-21-22(15-23(24)35-3)29-18-30-27(21)31-20-10-8-9-19(28)13-20/h8-10,13-15,18H,4-7,11-12,16-17H2,1-3H3,(H,29,30,31). The average molecular weight is 589 g/mol. The molecule has 0 aliphatic heterocycles. The number of halogens is 1. The van der Waals surface area contributed by atoms with Crippen molar-refractivity contribution in [2.45, 2.75) is 26.7 Å². The third-order valence-electron chi connectivity index (χ3n) is 5.45. The molecule has 3 rings (SSSR count). The molecule has 204 valence electrons. The Balaban J connectivity index is 1.63. The van der Waals surface area contributed by atoms with Crippen molar-refractivity contribution in [1.29, 1.82) is 0 Å². The lowest BCUT2D eigenvalue weighted by atomic mass is 10.2. The second-order valence-electron chi connectivity index (χ2n) is 8.25. The van der Waals surface area contributed by atoms with Gasteiger partial charge >= 0.3 is 11.9 Å². The summed E-state index contributed by atoms with van der Waals surface area (Å²) in [6, 6.07) is 11.5. The number of anilines is 2. The van der Waals surface area contributed by atoms with Crippen LogP contribution < -0.4 is 14.8 Å². The Morgan fingerprint density at radius 3 is 2.37 bits per heavy atom. The van der Waals surface area contributed by atoms with Crippen LogP contribution in [0, 0.1) is 0 Å². The number of rotatable bonds is 15. The minimum absolute atomic E-state index is 0.0276. The van der Waals surface area contributed by atoms with E-state index in [-0.39, 0.29) is 25.0 Å². The molecule has 0 spiro atoms. The van der Waals surface area contributed by atoms with Crippen LogP contribution in [-0.2, 0) is 19.1 Å². The first-order chi connectivity index (χ1) is 18.4. The number of carbonyl (C=O) groups excluding carboxylic acids is 2. The maximum Gasteiger partial charge on any atom is 0.320 e. The van der Waals surface area contributed by atoms with Crippen molar-refractivity contribution in [2.24, 2.45) is 0 Å². The van der Waals surface area contributed by atoms with E-state index in [0.717, 1.165) is 21.1 Å². The van der Waals surface area contributed by atoms with E-state index in [9.17, 15) is 9.59 Å². The molecule has 0 saturated heterocycles. The molecule has 0 bridgehead atoms. The van der Waals surface area contributed by atoms with Crippen LogP contribution in [0.5, 0.6) is 11.5 Å². The summed E-state index contributed by atoms with van der Waals surface area (Å²) in [6.45, 7) is 5.06. The van der Waals surface area contributed by atoms with Crippen molar-refractivity contribution in [3.8, 4) is 11.5 Å². The van der Waals surface area contributed by atoms with Gasteiger partial charge < -0.3 is 24.3 Å². The quantitative estimate of drug-likeness (QED) is 0.197. The normalized spacial score (nSPS) is 10.9. The summed E-state index contributed by atoms with van der Waals surface area (Å²) < 4.78 is 22.6. The molecule has 0 saturated carbocycles. The molecule has 0 unspecified atom stereocenters. The van der Waals surface area contributed by atoms with Crippen molar-refractivity contribution in [2.75, 3.05) is 51.9 Å². The second-order valence-corrected chi connectivity index (χ2v) is 9.17. The monoisotopic (exact) mass is 588 g/mol. The molecule has 10 nitrogen and oxygen atoms in total. The number of aromatic nitrogens is 2. The van der Waals surface area contributed by atoms with E-state index in [2.05, 4.69) is 31.2 Å². The number of hydrogen-bond acceptors (Lipinski definition) is 10. The molecule has 0 radical (unpaired) electrons. The van der Waals surface area contributed by atoms with Gasteiger partial charge in [-0.05, 0) is 57.5 Å². The third-order valence-corrected chi connectivity index (χ3v) is 5.94. The van der Waals surface area contributed by atoms with Crippen LogP contribution in [0.2, 0.25) is 0 Å². The molecule has 38 heavy (non-hydrogen) atoms. The lowest BCUT2D eigenvalue weighted by Gasteiger charge is -2.20. The van der Waals surface area contributed by atoms with Gasteiger partial charge in [-0.2, -0.15) is 0 Å². The van der Waals surface area contributed by atoms with E-state index in [4.69, 9.17) is 18.9 Å². The maximum absolute atomic E-state index is 11.9. The van der Waals surface area contributed by atoms with Crippen LogP contribution in [0.1, 0.15) is 26.7 Å². The van der Waals surface area contributed by atoms with E-state index >= 15 is 0 Å². The van der Waals surface area contributed by atoms with Gasteiger partial charge in [0.05, 0.1) is 45.5 Å². The summed E-state index contributed by atoms with van der Waals surface area (Å²) in [6.07, 6.45) is 2.90. The maximum atomic E-state index is 11.9. The van der Waals surface area contributed by atoms with Crippen LogP contribution in [0.25, 0.3) is 10.9 Å². The first kappa shape index (κ1) is 29.1. The van der Waals surface area contributed by atoms with Gasteiger partial charge in [-0.15, -0.1) is 0 Å². The van der Waals surface area contributed by atoms with E-state index < -0.39 is 0 Å². The lowest BCUT2D eigenvalue weighted by molar-refractivity contribution is -0.148. The SMILES string of the molecule is CCOC(=O)CN(CCCCOc1cc2c(Nc3cccc(Br)c3)ncnc2cc1OC)CC(=O)OCC. The number of ether oxygens (including phenoxy) is 4. The Bertz CT molecular complexity index is 1210. The number of fused-ring (bicyclic) bond motifs is 1. The van der Waals surface area contributed by atoms with Gasteiger partial charge in [0.25, 0.3) is 0 Å². The Morgan fingerprint density at radius 1 is 0.974 bits per heavy atom. The molecule has 2 aromatic carbocycles.